The molecule has 14 heteroatoms. The van der Waals surface area contributed by atoms with Crippen molar-refractivity contribution in [3.8, 4) is 11.4 Å². The Morgan fingerprint density at radius 1 is 1.24 bits per heavy atom. The van der Waals surface area contributed by atoms with Gasteiger partial charge in [-0.25, -0.2) is 8.91 Å². The molecule has 1 aromatic carbocycles. The predicted molar refractivity (Wildman–Crippen MR) is 129 cm³/mol. The Morgan fingerprint density at radius 3 is 2.76 bits per heavy atom. The summed E-state index contributed by atoms with van der Waals surface area (Å²) in [6.07, 6.45) is -1.42. The standard InChI is InChI=1S/C24H24F4N8O2/c1-13-7-19(25)17(22-32-34-36(33-22)16-8-14(9-16)24(26,27)28)11-20(13)31-23(37)18-12-30-35-5-3-15(10-21(18)35)29-4-6-38-2/h3,5,7,10-12,14,16,29H,4,6,8-9H2,1-2H3,(H,31,37)/t14-,16+. The zero-order chi connectivity index (χ0) is 27.0. The number of carbonyl (C=O) groups excluding carboxylic acids is 1. The first kappa shape index (κ1) is 25.6. The topological polar surface area (TPSA) is 111 Å². The van der Waals surface area contributed by atoms with Crippen molar-refractivity contribution in [3.05, 3.63) is 53.6 Å². The minimum atomic E-state index is -4.26. The lowest BCUT2D eigenvalue weighted by Crippen LogP contribution is -2.37. The summed E-state index contributed by atoms with van der Waals surface area (Å²) in [5.74, 6) is -2.60. The number of aromatic nitrogens is 6. The largest absolute Gasteiger partial charge is 0.391 e. The van der Waals surface area contributed by atoms with Crippen LogP contribution in [0.5, 0.6) is 0 Å². The molecule has 0 atom stereocenters. The van der Waals surface area contributed by atoms with E-state index in [4.69, 9.17) is 4.74 Å². The Balaban J connectivity index is 1.35. The molecule has 4 aromatic rings. The molecular weight excluding hydrogens is 508 g/mol. The maximum atomic E-state index is 14.8. The quantitative estimate of drug-likeness (QED) is 0.258. The van der Waals surface area contributed by atoms with Gasteiger partial charge in [0.2, 0.25) is 5.82 Å². The SMILES string of the molecule is COCCNc1ccn2ncc(C(=O)Nc3cc(-c4nnn([C@H]5C[C@@H](C(F)(F)F)C5)n4)c(F)cc3C)c2c1. The number of nitrogens with zero attached hydrogens (tertiary/aromatic N) is 6. The monoisotopic (exact) mass is 532 g/mol. The number of pyridine rings is 1. The number of methoxy groups -OCH3 is 1. The molecule has 0 bridgehead atoms. The summed E-state index contributed by atoms with van der Waals surface area (Å²) in [4.78, 5) is 14.2. The molecule has 1 aliphatic rings. The number of amides is 1. The molecule has 3 aromatic heterocycles. The number of nitrogens with one attached hydrogen (secondary N) is 2. The van der Waals surface area contributed by atoms with Gasteiger partial charge < -0.3 is 15.4 Å². The van der Waals surface area contributed by atoms with Crippen LogP contribution < -0.4 is 10.6 Å². The summed E-state index contributed by atoms with van der Waals surface area (Å²) in [6.45, 7) is 2.73. The van der Waals surface area contributed by atoms with Crippen molar-refractivity contribution in [2.45, 2.75) is 32.0 Å². The average Bonchev–Trinajstić information content (AvgIpc) is 3.46. The number of tetrazole rings is 1. The molecule has 1 fully saturated rings. The molecule has 1 aliphatic carbocycles. The highest BCUT2D eigenvalue weighted by Crippen LogP contribution is 2.46. The van der Waals surface area contributed by atoms with E-state index in [2.05, 4.69) is 31.1 Å². The van der Waals surface area contributed by atoms with Gasteiger partial charge in [0.05, 0.1) is 41.4 Å². The highest BCUT2D eigenvalue weighted by Gasteiger charge is 2.49. The Hall–Kier alpha value is -4.07. The third-order valence-electron chi connectivity index (χ3n) is 6.54. The molecule has 0 radical (unpaired) electrons. The van der Waals surface area contributed by atoms with Gasteiger partial charge in [0, 0.05) is 31.2 Å². The van der Waals surface area contributed by atoms with Crippen LogP contribution in [0.25, 0.3) is 16.9 Å². The Morgan fingerprint density at radius 2 is 2.03 bits per heavy atom. The number of carbonyl (C=O) groups is 1. The molecular formula is C24H24F4N8O2. The lowest BCUT2D eigenvalue weighted by molar-refractivity contribution is -0.203. The number of fused-ring (bicyclic) bond motifs is 1. The first-order chi connectivity index (χ1) is 18.1. The second-order valence-corrected chi connectivity index (χ2v) is 9.12. The van der Waals surface area contributed by atoms with Crippen LogP contribution in [-0.4, -0.2) is 62.2 Å². The van der Waals surface area contributed by atoms with Crippen molar-refractivity contribution >= 4 is 22.8 Å². The summed E-state index contributed by atoms with van der Waals surface area (Å²) in [6, 6.07) is 5.66. The van der Waals surface area contributed by atoms with Gasteiger partial charge in [-0.3, -0.25) is 4.79 Å². The van der Waals surface area contributed by atoms with Crippen molar-refractivity contribution in [3.63, 3.8) is 0 Å². The number of hydrogen-bond acceptors (Lipinski definition) is 7. The van der Waals surface area contributed by atoms with Crippen molar-refractivity contribution in [1.82, 2.24) is 29.8 Å². The second kappa shape index (κ2) is 10.0. The van der Waals surface area contributed by atoms with E-state index >= 15 is 0 Å². The van der Waals surface area contributed by atoms with E-state index in [1.165, 1.54) is 18.3 Å². The molecule has 1 amide bonds. The van der Waals surface area contributed by atoms with Crippen molar-refractivity contribution in [2.75, 3.05) is 30.9 Å². The van der Waals surface area contributed by atoms with E-state index in [0.717, 1.165) is 10.5 Å². The molecule has 38 heavy (non-hydrogen) atoms. The highest BCUT2D eigenvalue weighted by atomic mass is 19.4. The molecule has 0 saturated heterocycles. The van der Waals surface area contributed by atoms with Gasteiger partial charge in [0.25, 0.3) is 5.91 Å². The first-order valence-corrected chi connectivity index (χ1v) is 11.8. The average molecular weight is 533 g/mol. The zero-order valence-corrected chi connectivity index (χ0v) is 20.5. The van der Waals surface area contributed by atoms with Crippen LogP contribution in [-0.2, 0) is 4.74 Å². The smallest absolute Gasteiger partial charge is 0.383 e. The number of benzene rings is 1. The molecule has 2 N–H and O–H groups in total. The normalized spacial score (nSPS) is 17.4. The fourth-order valence-electron chi connectivity index (χ4n) is 4.26. The molecule has 200 valence electrons. The zero-order valence-electron chi connectivity index (χ0n) is 20.5. The maximum Gasteiger partial charge on any atom is 0.391 e. The number of alkyl halides is 3. The van der Waals surface area contributed by atoms with E-state index < -0.39 is 29.9 Å². The Labute approximate surface area is 214 Å². The number of rotatable bonds is 8. The number of halogens is 4. The summed E-state index contributed by atoms with van der Waals surface area (Å²) in [5.41, 5.74) is 2.39. The fraction of sp³-hybridized carbons (Fsp3) is 0.375. The summed E-state index contributed by atoms with van der Waals surface area (Å²) < 4.78 is 59.8. The number of ether oxygens (including phenoxy) is 1. The third kappa shape index (κ3) is 5.03. The van der Waals surface area contributed by atoms with Crippen LogP contribution in [0.1, 0.15) is 34.8 Å². The second-order valence-electron chi connectivity index (χ2n) is 9.12. The van der Waals surface area contributed by atoms with E-state index in [-0.39, 0.29) is 24.2 Å². The number of aryl methyl sites for hydroxylation is 1. The van der Waals surface area contributed by atoms with E-state index in [9.17, 15) is 22.4 Å². The van der Waals surface area contributed by atoms with Crippen LogP contribution in [0.2, 0.25) is 0 Å². The lowest BCUT2D eigenvalue weighted by atomic mass is 9.80. The first-order valence-electron chi connectivity index (χ1n) is 11.8. The molecule has 0 aliphatic heterocycles. The molecule has 1 saturated carbocycles. The fourth-order valence-corrected chi connectivity index (χ4v) is 4.26. The minimum absolute atomic E-state index is 0.0339. The van der Waals surface area contributed by atoms with Crippen LogP contribution in [0.3, 0.4) is 0 Å². The van der Waals surface area contributed by atoms with E-state index in [1.54, 1.807) is 30.8 Å². The predicted octanol–water partition coefficient (Wildman–Crippen LogP) is 4.26. The number of hydrogen-bond donors (Lipinski definition) is 2. The van der Waals surface area contributed by atoms with Gasteiger partial charge in [-0.15, -0.1) is 10.2 Å². The van der Waals surface area contributed by atoms with Gasteiger partial charge in [0.1, 0.15) is 5.82 Å². The molecule has 3 heterocycles. The van der Waals surface area contributed by atoms with Crippen molar-refractivity contribution in [1.29, 1.82) is 0 Å². The summed E-state index contributed by atoms with van der Waals surface area (Å²) in [5, 5.41) is 22.0. The minimum Gasteiger partial charge on any atom is -0.383 e. The molecule has 5 rings (SSSR count). The summed E-state index contributed by atoms with van der Waals surface area (Å²) in [7, 11) is 1.60. The Kier molecular flexibility index (Phi) is 6.73. The molecule has 0 spiro atoms. The van der Waals surface area contributed by atoms with Crippen molar-refractivity contribution in [2.24, 2.45) is 5.92 Å². The van der Waals surface area contributed by atoms with E-state index in [1.807, 2.05) is 6.07 Å². The van der Waals surface area contributed by atoms with Crippen LogP contribution >= 0.6 is 0 Å². The number of anilines is 2. The molecule has 0 unspecified atom stereocenters. The van der Waals surface area contributed by atoms with Gasteiger partial charge in [-0.2, -0.15) is 23.1 Å². The van der Waals surface area contributed by atoms with Gasteiger partial charge >= 0.3 is 6.18 Å². The van der Waals surface area contributed by atoms with E-state index in [0.29, 0.717) is 35.5 Å². The lowest BCUT2D eigenvalue weighted by Gasteiger charge is -2.35. The van der Waals surface area contributed by atoms with Crippen LogP contribution in [0.15, 0.2) is 36.7 Å². The van der Waals surface area contributed by atoms with Gasteiger partial charge in [-0.1, -0.05) is 0 Å². The van der Waals surface area contributed by atoms with Crippen molar-refractivity contribution < 1.29 is 27.1 Å². The van der Waals surface area contributed by atoms with Crippen LogP contribution in [0, 0.1) is 18.7 Å². The molecule has 10 nitrogen and oxygen atoms in total. The van der Waals surface area contributed by atoms with Gasteiger partial charge in [0.15, 0.2) is 0 Å². The maximum absolute atomic E-state index is 14.8. The summed E-state index contributed by atoms with van der Waals surface area (Å²) >= 11 is 0. The highest BCUT2D eigenvalue weighted by molar-refractivity contribution is 6.09. The third-order valence-corrected chi connectivity index (χ3v) is 6.54. The Bertz CT molecular complexity index is 1480. The van der Waals surface area contributed by atoms with Crippen LogP contribution in [0.4, 0.5) is 28.9 Å². The van der Waals surface area contributed by atoms with Gasteiger partial charge in [-0.05, 0) is 54.8 Å².